The highest BCUT2D eigenvalue weighted by Gasteiger charge is 2.18. The molecule has 1 aromatic rings. The van der Waals surface area contributed by atoms with E-state index in [9.17, 15) is 8.42 Å². The number of halogens is 1. The maximum atomic E-state index is 11.1. The van der Waals surface area contributed by atoms with E-state index < -0.39 is 9.05 Å². The summed E-state index contributed by atoms with van der Waals surface area (Å²) in [6, 6.07) is 3.48. The zero-order valence-corrected chi connectivity index (χ0v) is 10.9. The maximum Gasteiger partial charge on any atom is 0.237 e. The van der Waals surface area contributed by atoms with Crippen LogP contribution in [0.1, 0.15) is 11.1 Å². The monoisotopic (exact) mass is 264 g/mol. The highest BCUT2D eigenvalue weighted by atomic mass is 35.7. The van der Waals surface area contributed by atoms with Gasteiger partial charge >= 0.3 is 0 Å². The van der Waals surface area contributed by atoms with Crippen LogP contribution in [0.4, 0.5) is 0 Å². The minimum absolute atomic E-state index is 0.317. The van der Waals surface area contributed by atoms with Crippen molar-refractivity contribution in [2.24, 2.45) is 0 Å². The lowest BCUT2D eigenvalue weighted by molar-refractivity contribution is 0.385. The van der Waals surface area contributed by atoms with Crippen molar-refractivity contribution in [2.75, 3.05) is 14.2 Å². The Morgan fingerprint density at radius 3 is 2.31 bits per heavy atom. The molecule has 0 aliphatic carbocycles. The zero-order chi connectivity index (χ0) is 12.3. The number of aryl methyl sites for hydroxylation is 1. The van der Waals surface area contributed by atoms with E-state index in [1.165, 1.54) is 14.2 Å². The lowest BCUT2D eigenvalue weighted by Crippen LogP contribution is -2.03. The van der Waals surface area contributed by atoms with Crippen molar-refractivity contribution in [2.45, 2.75) is 12.7 Å². The highest BCUT2D eigenvalue weighted by molar-refractivity contribution is 8.13. The van der Waals surface area contributed by atoms with Gasteiger partial charge in [0.15, 0.2) is 0 Å². The van der Waals surface area contributed by atoms with E-state index in [0.717, 1.165) is 5.56 Å². The molecule has 90 valence electrons. The number of hydrogen-bond donors (Lipinski definition) is 0. The molecule has 0 aliphatic heterocycles. The van der Waals surface area contributed by atoms with Crippen LogP contribution in [-0.2, 0) is 14.8 Å². The van der Waals surface area contributed by atoms with Crippen LogP contribution in [0.3, 0.4) is 0 Å². The van der Waals surface area contributed by atoms with Crippen molar-refractivity contribution in [3.05, 3.63) is 23.3 Å². The molecule has 16 heavy (non-hydrogen) atoms. The molecular formula is C10H13ClO4S. The Bertz CT molecular complexity index is 482. The van der Waals surface area contributed by atoms with Gasteiger partial charge in [0.1, 0.15) is 11.5 Å². The standard InChI is InChI=1S/C10H13ClO4S/c1-7-4-5-9(14-2)8(10(7)15-3)6-16(11,12)13/h4-5H,6H2,1-3H3. The summed E-state index contributed by atoms with van der Waals surface area (Å²) in [6.07, 6.45) is 0. The lowest BCUT2D eigenvalue weighted by Gasteiger charge is -2.14. The van der Waals surface area contributed by atoms with E-state index in [-0.39, 0.29) is 5.75 Å². The lowest BCUT2D eigenvalue weighted by atomic mass is 10.1. The van der Waals surface area contributed by atoms with Crippen LogP contribution >= 0.6 is 10.7 Å². The van der Waals surface area contributed by atoms with Gasteiger partial charge in [-0.25, -0.2) is 8.42 Å². The average molecular weight is 265 g/mol. The molecule has 0 saturated heterocycles. The molecule has 1 aromatic carbocycles. The van der Waals surface area contributed by atoms with Crippen molar-refractivity contribution < 1.29 is 17.9 Å². The van der Waals surface area contributed by atoms with E-state index in [1.54, 1.807) is 12.1 Å². The Kier molecular flexibility index (Phi) is 4.04. The van der Waals surface area contributed by atoms with Crippen LogP contribution in [-0.4, -0.2) is 22.6 Å². The van der Waals surface area contributed by atoms with Crippen molar-refractivity contribution in [1.29, 1.82) is 0 Å². The Balaban J connectivity index is 3.36. The zero-order valence-electron chi connectivity index (χ0n) is 9.28. The molecule has 0 unspecified atom stereocenters. The first-order chi connectivity index (χ1) is 7.39. The molecule has 0 heterocycles. The molecule has 0 aliphatic rings. The minimum atomic E-state index is -3.65. The molecule has 0 fully saturated rings. The largest absolute Gasteiger partial charge is 0.496 e. The minimum Gasteiger partial charge on any atom is -0.496 e. The molecule has 6 heteroatoms. The maximum absolute atomic E-state index is 11.1. The quantitative estimate of drug-likeness (QED) is 0.782. The van der Waals surface area contributed by atoms with Crippen LogP contribution in [0.5, 0.6) is 11.5 Å². The SMILES string of the molecule is COc1ccc(C)c(OC)c1CS(=O)(=O)Cl. The first kappa shape index (κ1) is 13.1. The summed E-state index contributed by atoms with van der Waals surface area (Å²) in [5.74, 6) is 0.623. The molecule has 0 atom stereocenters. The van der Waals surface area contributed by atoms with E-state index in [4.69, 9.17) is 20.2 Å². The number of benzene rings is 1. The summed E-state index contributed by atoms with van der Waals surface area (Å²) in [6.45, 7) is 1.82. The first-order valence-electron chi connectivity index (χ1n) is 4.52. The van der Waals surface area contributed by atoms with Gasteiger partial charge in [0, 0.05) is 10.7 Å². The molecule has 0 amide bonds. The molecule has 4 nitrogen and oxygen atoms in total. The fraction of sp³-hybridized carbons (Fsp3) is 0.400. The smallest absolute Gasteiger partial charge is 0.237 e. The first-order valence-corrected chi connectivity index (χ1v) is 6.99. The fourth-order valence-electron chi connectivity index (χ4n) is 1.51. The second-order valence-electron chi connectivity index (χ2n) is 3.28. The van der Waals surface area contributed by atoms with E-state index >= 15 is 0 Å². The van der Waals surface area contributed by atoms with Gasteiger partial charge in [0.25, 0.3) is 0 Å². The van der Waals surface area contributed by atoms with Crippen LogP contribution in [0.15, 0.2) is 12.1 Å². The summed E-state index contributed by atoms with van der Waals surface area (Å²) in [5.41, 5.74) is 1.28. The van der Waals surface area contributed by atoms with Gasteiger partial charge in [-0.05, 0) is 18.6 Å². The van der Waals surface area contributed by atoms with Gasteiger partial charge in [0.2, 0.25) is 9.05 Å². The van der Waals surface area contributed by atoms with Gasteiger partial charge in [-0.15, -0.1) is 0 Å². The van der Waals surface area contributed by atoms with E-state index in [2.05, 4.69) is 0 Å². The van der Waals surface area contributed by atoms with Gasteiger partial charge in [0.05, 0.1) is 25.5 Å². The van der Waals surface area contributed by atoms with E-state index in [1.807, 2.05) is 6.92 Å². The Morgan fingerprint density at radius 1 is 1.25 bits per heavy atom. The molecule has 0 saturated carbocycles. The van der Waals surface area contributed by atoms with Crippen molar-refractivity contribution >= 4 is 19.7 Å². The van der Waals surface area contributed by atoms with E-state index in [0.29, 0.717) is 17.1 Å². The Morgan fingerprint density at radius 2 is 1.88 bits per heavy atom. The van der Waals surface area contributed by atoms with Gasteiger partial charge in [-0.3, -0.25) is 0 Å². The third-order valence-corrected chi connectivity index (χ3v) is 3.12. The Labute approximate surface area is 99.6 Å². The molecule has 1 rings (SSSR count). The van der Waals surface area contributed by atoms with Crippen LogP contribution in [0, 0.1) is 6.92 Å². The summed E-state index contributed by atoms with van der Waals surface area (Å²) < 4.78 is 32.5. The van der Waals surface area contributed by atoms with Gasteiger partial charge < -0.3 is 9.47 Å². The molecule has 0 radical (unpaired) electrons. The summed E-state index contributed by atoms with van der Waals surface area (Å²) >= 11 is 0. The number of methoxy groups -OCH3 is 2. The summed E-state index contributed by atoms with van der Waals surface area (Å²) in [5, 5.41) is 0. The Hall–Kier alpha value is -0.940. The molecular weight excluding hydrogens is 252 g/mol. The van der Waals surface area contributed by atoms with Crippen molar-refractivity contribution in [1.82, 2.24) is 0 Å². The topological polar surface area (TPSA) is 52.6 Å². The second-order valence-corrected chi connectivity index (χ2v) is 6.06. The third-order valence-electron chi connectivity index (χ3n) is 2.16. The molecule has 0 aromatic heterocycles. The van der Waals surface area contributed by atoms with Crippen LogP contribution < -0.4 is 9.47 Å². The van der Waals surface area contributed by atoms with Gasteiger partial charge in [-0.2, -0.15) is 0 Å². The fourth-order valence-corrected chi connectivity index (χ4v) is 2.46. The molecule has 0 bridgehead atoms. The predicted octanol–water partition coefficient (Wildman–Crippen LogP) is 2.08. The second kappa shape index (κ2) is 4.93. The summed E-state index contributed by atoms with van der Waals surface area (Å²) in [7, 11) is 4.54. The van der Waals surface area contributed by atoms with Crippen molar-refractivity contribution in [3.8, 4) is 11.5 Å². The summed E-state index contributed by atoms with van der Waals surface area (Å²) in [4.78, 5) is 0. The average Bonchev–Trinajstić information content (AvgIpc) is 2.16. The normalized spacial score (nSPS) is 11.2. The van der Waals surface area contributed by atoms with Crippen molar-refractivity contribution in [3.63, 3.8) is 0 Å². The van der Waals surface area contributed by atoms with Crippen LogP contribution in [0.2, 0.25) is 0 Å². The highest BCUT2D eigenvalue weighted by Crippen LogP contribution is 2.33. The predicted molar refractivity (Wildman–Crippen MR) is 62.8 cm³/mol. The number of ether oxygens (including phenoxy) is 2. The van der Waals surface area contributed by atoms with Crippen LogP contribution in [0.25, 0.3) is 0 Å². The number of hydrogen-bond acceptors (Lipinski definition) is 4. The molecule has 0 N–H and O–H groups in total. The molecule has 0 spiro atoms. The number of rotatable bonds is 4. The van der Waals surface area contributed by atoms with Gasteiger partial charge in [-0.1, -0.05) is 6.07 Å². The third kappa shape index (κ3) is 3.02.